The zero-order chi connectivity index (χ0) is 14.7. The predicted molar refractivity (Wildman–Crippen MR) is 64.2 cm³/mol. The van der Waals surface area contributed by atoms with Crippen molar-refractivity contribution >= 4 is 11.9 Å². The number of hydrogen-bond donors (Lipinski definition) is 1. The van der Waals surface area contributed by atoms with E-state index < -0.39 is 17.2 Å². The van der Waals surface area contributed by atoms with Crippen molar-refractivity contribution in [2.24, 2.45) is 5.92 Å². The maximum atomic E-state index is 12.4. The summed E-state index contributed by atoms with van der Waals surface area (Å²) in [5.41, 5.74) is -0.337. The minimum absolute atomic E-state index is 0.00425. The summed E-state index contributed by atoms with van der Waals surface area (Å²) in [5.74, 6) is -2.29. The van der Waals surface area contributed by atoms with Gasteiger partial charge in [0.1, 0.15) is 5.76 Å². The van der Waals surface area contributed by atoms with E-state index in [9.17, 15) is 18.6 Å². The first-order valence-corrected chi connectivity index (χ1v) is 6.12. The molecule has 108 valence electrons. The molecule has 0 aromatic carbocycles. The van der Waals surface area contributed by atoms with Gasteiger partial charge in [-0.25, -0.2) is 4.79 Å². The summed E-state index contributed by atoms with van der Waals surface area (Å²) in [4.78, 5) is 22.3. The van der Waals surface area contributed by atoms with Crippen LogP contribution in [0.2, 0.25) is 0 Å². The lowest BCUT2D eigenvalue weighted by Gasteiger charge is -2.12. The fourth-order valence-electron chi connectivity index (χ4n) is 1.70. The van der Waals surface area contributed by atoms with Crippen LogP contribution in [-0.2, 0) is 14.3 Å². The van der Waals surface area contributed by atoms with Crippen molar-refractivity contribution in [2.45, 2.75) is 19.3 Å². The Labute approximate surface area is 113 Å². The molecule has 0 bridgehead atoms. The third-order valence-corrected chi connectivity index (χ3v) is 3.05. The number of carbonyl (C=O) groups is 2. The van der Waals surface area contributed by atoms with Crippen LogP contribution >= 0.6 is 0 Å². The summed E-state index contributed by atoms with van der Waals surface area (Å²) in [7, 11) is 0. The molecular weight excluding hydrogens is 272 g/mol. The standard InChI is InChI=1S/C13H13F2NO4/c14-16(15)12(17)10-5-3-9(13(18)19)4-6-11(10)20-7-8-1-2-8/h3,5-6,8H,1-2,4,7H2,(H,18,19). The summed E-state index contributed by atoms with van der Waals surface area (Å²) >= 11 is 0. The SMILES string of the molecule is O=C(O)C1=CC=C(C(=O)N(F)F)C(OCC2CC2)=CC1. The molecule has 0 radical (unpaired) electrons. The Morgan fingerprint density at radius 2 is 2.05 bits per heavy atom. The van der Waals surface area contributed by atoms with E-state index in [1.54, 1.807) is 0 Å². The van der Waals surface area contributed by atoms with Crippen molar-refractivity contribution in [1.29, 1.82) is 0 Å². The molecule has 0 aromatic heterocycles. The lowest BCUT2D eigenvalue weighted by Crippen LogP contribution is -2.18. The van der Waals surface area contributed by atoms with E-state index in [1.165, 1.54) is 6.08 Å². The van der Waals surface area contributed by atoms with Crippen molar-refractivity contribution < 1.29 is 28.4 Å². The topological polar surface area (TPSA) is 66.8 Å². The first kappa shape index (κ1) is 14.2. The molecule has 1 amide bonds. The average molecular weight is 285 g/mol. The largest absolute Gasteiger partial charge is 0.493 e. The first-order chi connectivity index (χ1) is 9.49. The van der Waals surface area contributed by atoms with E-state index in [1.807, 2.05) is 0 Å². The number of carboxylic acid groups (broad SMARTS) is 1. The Hall–Kier alpha value is -2.18. The molecule has 5 nitrogen and oxygen atoms in total. The minimum atomic E-state index is -1.54. The third-order valence-electron chi connectivity index (χ3n) is 3.05. The zero-order valence-corrected chi connectivity index (χ0v) is 10.5. The number of nitrogens with zero attached hydrogens (tertiary/aromatic N) is 1. The second kappa shape index (κ2) is 5.85. The van der Waals surface area contributed by atoms with Crippen LogP contribution in [0.25, 0.3) is 0 Å². The maximum absolute atomic E-state index is 12.4. The van der Waals surface area contributed by atoms with Gasteiger partial charge in [-0.1, -0.05) is 15.0 Å². The molecule has 2 aliphatic carbocycles. The van der Waals surface area contributed by atoms with Crippen molar-refractivity contribution in [1.82, 2.24) is 5.34 Å². The molecule has 0 aliphatic heterocycles. The zero-order valence-electron chi connectivity index (χ0n) is 10.5. The molecule has 0 saturated heterocycles. The summed E-state index contributed by atoms with van der Waals surface area (Å²) < 4.78 is 30.2. The quantitative estimate of drug-likeness (QED) is 0.787. The van der Waals surface area contributed by atoms with E-state index in [4.69, 9.17) is 9.84 Å². The number of carboxylic acids is 1. The number of allylic oxidation sites excluding steroid dienone is 3. The monoisotopic (exact) mass is 285 g/mol. The Kier molecular flexibility index (Phi) is 4.16. The molecule has 2 rings (SSSR count). The summed E-state index contributed by atoms with van der Waals surface area (Å²) in [6.45, 7) is 0.345. The van der Waals surface area contributed by atoms with Crippen molar-refractivity contribution in [3.63, 3.8) is 0 Å². The Balaban J connectivity index is 2.21. The van der Waals surface area contributed by atoms with E-state index in [0.29, 0.717) is 12.5 Å². The fourth-order valence-corrected chi connectivity index (χ4v) is 1.70. The van der Waals surface area contributed by atoms with Gasteiger partial charge in [-0.3, -0.25) is 4.79 Å². The highest BCUT2D eigenvalue weighted by Gasteiger charge is 2.27. The van der Waals surface area contributed by atoms with E-state index in [0.717, 1.165) is 25.0 Å². The van der Waals surface area contributed by atoms with Gasteiger partial charge in [0.05, 0.1) is 12.2 Å². The third kappa shape index (κ3) is 3.43. The normalized spacial score (nSPS) is 18.4. The van der Waals surface area contributed by atoms with Crippen LogP contribution in [-0.4, -0.2) is 28.9 Å². The van der Waals surface area contributed by atoms with E-state index >= 15 is 0 Å². The molecular formula is C13H13F2NO4. The summed E-state index contributed by atoms with van der Waals surface area (Å²) in [6, 6.07) is 0. The second-order valence-electron chi connectivity index (χ2n) is 4.64. The van der Waals surface area contributed by atoms with Gasteiger partial charge in [-0.05, 0) is 30.9 Å². The molecule has 20 heavy (non-hydrogen) atoms. The molecule has 0 aromatic rings. The number of amides is 1. The molecule has 0 heterocycles. The Bertz CT molecular complexity index is 518. The first-order valence-electron chi connectivity index (χ1n) is 6.12. The molecule has 0 spiro atoms. The highest BCUT2D eigenvalue weighted by Crippen LogP contribution is 2.31. The van der Waals surface area contributed by atoms with Crippen LogP contribution in [0.3, 0.4) is 0 Å². The maximum Gasteiger partial charge on any atom is 0.331 e. The van der Waals surface area contributed by atoms with E-state index in [2.05, 4.69) is 0 Å². The number of halogens is 2. The van der Waals surface area contributed by atoms with E-state index in [-0.39, 0.29) is 23.3 Å². The van der Waals surface area contributed by atoms with Crippen LogP contribution in [0.5, 0.6) is 0 Å². The molecule has 2 aliphatic rings. The number of aliphatic carboxylic acids is 1. The molecule has 1 saturated carbocycles. The van der Waals surface area contributed by atoms with Gasteiger partial charge in [0.2, 0.25) is 0 Å². The van der Waals surface area contributed by atoms with Crippen LogP contribution in [0, 0.1) is 5.92 Å². The van der Waals surface area contributed by atoms with Gasteiger partial charge in [-0.2, -0.15) is 0 Å². The average Bonchev–Trinajstić information content (AvgIpc) is 3.21. The van der Waals surface area contributed by atoms with Crippen LogP contribution < -0.4 is 0 Å². The van der Waals surface area contributed by atoms with Crippen LogP contribution in [0.4, 0.5) is 8.96 Å². The molecule has 1 fully saturated rings. The van der Waals surface area contributed by atoms with Gasteiger partial charge >= 0.3 is 11.9 Å². The van der Waals surface area contributed by atoms with Gasteiger partial charge in [0, 0.05) is 17.3 Å². The van der Waals surface area contributed by atoms with Crippen molar-refractivity contribution in [3.05, 3.63) is 35.1 Å². The number of ether oxygens (including phenoxy) is 1. The van der Waals surface area contributed by atoms with Crippen LogP contribution in [0.1, 0.15) is 19.3 Å². The summed E-state index contributed by atoms with van der Waals surface area (Å²) in [6.07, 6.45) is 5.59. The Morgan fingerprint density at radius 1 is 1.35 bits per heavy atom. The lowest BCUT2D eigenvalue weighted by atomic mass is 10.2. The van der Waals surface area contributed by atoms with Crippen molar-refractivity contribution in [3.8, 4) is 0 Å². The van der Waals surface area contributed by atoms with Gasteiger partial charge < -0.3 is 9.84 Å². The number of rotatable bonds is 5. The van der Waals surface area contributed by atoms with Crippen molar-refractivity contribution in [2.75, 3.05) is 6.61 Å². The van der Waals surface area contributed by atoms with Gasteiger partial charge in [0.25, 0.3) is 0 Å². The number of carbonyl (C=O) groups excluding carboxylic acids is 1. The molecule has 1 N–H and O–H groups in total. The summed E-state index contributed by atoms with van der Waals surface area (Å²) in [5, 5.41) is 7.36. The highest BCUT2D eigenvalue weighted by atomic mass is 19.4. The lowest BCUT2D eigenvalue weighted by molar-refractivity contribution is -0.182. The van der Waals surface area contributed by atoms with Gasteiger partial charge in [0.15, 0.2) is 0 Å². The molecule has 7 heteroatoms. The number of hydrogen-bond acceptors (Lipinski definition) is 3. The predicted octanol–water partition coefficient (Wildman–Crippen LogP) is 2.24. The Morgan fingerprint density at radius 3 is 2.60 bits per heavy atom. The highest BCUT2D eigenvalue weighted by molar-refractivity contribution is 5.97. The van der Waals surface area contributed by atoms with Gasteiger partial charge in [-0.15, -0.1) is 0 Å². The van der Waals surface area contributed by atoms with Crippen LogP contribution in [0.15, 0.2) is 35.1 Å². The molecule has 0 atom stereocenters. The molecule has 0 unspecified atom stereocenters. The minimum Gasteiger partial charge on any atom is -0.493 e. The second-order valence-corrected chi connectivity index (χ2v) is 4.64. The smallest absolute Gasteiger partial charge is 0.331 e. The fraction of sp³-hybridized carbons (Fsp3) is 0.385.